The van der Waals surface area contributed by atoms with Crippen LogP contribution in [-0.2, 0) is 11.2 Å². The fraction of sp³-hybridized carbons (Fsp3) is 0.467. The Labute approximate surface area is 119 Å². The summed E-state index contributed by atoms with van der Waals surface area (Å²) in [7, 11) is 0. The van der Waals surface area contributed by atoms with E-state index in [2.05, 4.69) is 5.32 Å². The van der Waals surface area contributed by atoms with Crippen molar-refractivity contribution >= 4 is 12.0 Å². The summed E-state index contributed by atoms with van der Waals surface area (Å²) in [6.07, 6.45) is 0.275. The fourth-order valence-electron chi connectivity index (χ4n) is 2.03. The minimum absolute atomic E-state index is 0.0335. The Morgan fingerprint density at radius 1 is 1.25 bits per heavy atom. The molecule has 0 bridgehead atoms. The number of nitrogens with one attached hydrogen (secondary N) is 1. The van der Waals surface area contributed by atoms with Gasteiger partial charge in [-0.1, -0.05) is 30.3 Å². The van der Waals surface area contributed by atoms with E-state index < -0.39 is 12.0 Å². The van der Waals surface area contributed by atoms with E-state index in [0.717, 1.165) is 5.56 Å². The third kappa shape index (κ3) is 4.57. The molecule has 0 heterocycles. The van der Waals surface area contributed by atoms with Crippen LogP contribution in [-0.4, -0.2) is 40.6 Å². The Kier molecular flexibility index (Phi) is 6.03. The lowest BCUT2D eigenvalue weighted by atomic mass is 10.1. The van der Waals surface area contributed by atoms with E-state index in [1.54, 1.807) is 4.90 Å². The maximum atomic E-state index is 12.1. The van der Waals surface area contributed by atoms with Gasteiger partial charge in [0.2, 0.25) is 0 Å². The Bertz CT molecular complexity index is 446. The molecule has 1 aromatic rings. The predicted octanol–water partition coefficient (Wildman–Crippen LogP) is 2.12. The summed E-state index contributed by atoms with van der Waals surface area (Å²) in [6.45, 7) is 6.21. The lowest BCUT2D eigenvalue weighted by Crippen LogP contribution is -2.50. The molecule has 2 amide bonds. The molecule has 0 fully saturated rings. The summed E-state index contributed by atoms with van der Waals surface area (Å²) in [5.74, 6) is -1.03. The second kappa shape index (κ2) is 7.53. The maximum Gasteiger partial charge on any atom is 0.326 e. The standard InChI is InChI=1S/C15H22N2O3/c1-4-17(11(2)3)15(20)16-13(14(18)19)10-12-8-6-5-7-9-12/h5-9,11,13H,4,10H2,1-3H3,(H,16,20)(H,18,19)/t13-/m0/s1. The van der Waals surface area contributed by atoms with Gasteiger partial charge in [-0.25, -0.2) is 9.59 Å². The van der Waals surface area contributed by atoms with E-state index in [9.17, 15) is 14.7 Å². The number of rotatable bonds is 6. The molecule has 0 aliphatic heterocycles. The molecule has 0 saturated heterocycles. The van der Waals surface area contributed by atoms with Crippen LogP contribution in [0.25, 0.3) is 0 Å². The van der Waals surface area contributed by atoms with Crippen molar-refractivity contribution in [3.63, 3.8) is 0 Å². The number of benzene rings is 1. The molecule has 1 rings (SSSR count). The average molecular weight is 278 g/mol. The lowest BCUT2D eigenvalue weighted by Gasteiger charge is -2.27. The number of nitrogens with zero attached hydrogens (tertiary/aromatic N) is 1. The smallest absolute Gasteiger partial charge is 0.326 e. The molecule has 5 heteroatoms. The van der Waals surface area contributed by atoms with Crippen LogP contribution in [0.4, 0.5) is 4.79 Å². The van der Waals surface area contributed by atoms with E-state index in [1.165, 1.54) is 0 Å². The maximum absolute atomic E-state index is 12.1. The van der Waals surface area contributed by atoms with Crippen LogP contribution in [0, 0.1) is 0 Å². The number of aliphatic carboxylic acids is 1. The molecular weight excluding hydrogens is 256 g/mol. The number of carboxylic acids is 1. The quantitative estimate of drug-likeness (QED) is 0.837. The number of carbonyl (C=O) groups is 2. The number of urea groups is 1. The first-order chi connectivity index (χ1) is 9.45. The van der Waals surface area contributed by atoms with E-state index in [1.807, 2.05) is 51.1 Å². The molecule has 110 valence electrons. The summed E-state index contributed by atoms with van der Waals surface area (Å²) >= 11 is 0. The highest BCUT2D eigenvalue weighted by atomic mass is 16.4. The molecule has 0 aliphatic carbocycles. The summed E-state index contributed by atoms with van der Waals surface area (Å²) in [6, 6.07) is 8.04. The molecule has 0 aliphatic rings. The molecule has 20 heavy (non-hydrogen) atoms. The highest BCUT2D eigenvalue weighted by Crippen LogP contribution is 2.05. The number of hydrogen-bond acceptors (Lipinski definition) is 2. The van der Waals surface area contributed by atoms with Crippen molar-refractivity contribution in [2.45, 2.75) is 39.3 Å². The van der Waals surface area contributed by atoms with Crippen LogP contribution < -0.4 is 5.32 Å². The Balaban J connectivity index is 2.73. The van der Waals surface area contributed by atoms with Crippen molar-refractivity contribution in [2.24, 2.45) is 0 Å². The van der Waals surface area contributed by atoms with Crippen molar-refractivity contribution in [3.8, 4) is 0 Å². The number of amides is 2. The van der Waals surface area contributed by atoms with Crippen LogP contribution in [0.15, 0.2) is 30.3 Å². The van der Waals surface area contributed by atoms with Gasteiger partial charge in [0, 0.05) is 19.0 Å². The SMILES string of the molecule is CCN(C(=O)N[C@@H](Cc1ccccc1)C(=O)O)C(C)C. The predicted molar refractivity (Wildman–Crippen MR) is 77.6 cm³/mol. The normalized spacial score (nSPS) is 12.0. The van der Waals surface area contributed by atoms with Gasteiger partial charge in [-0.3, -0.25) is 0 Å². The van der Waals surface area contributed by atoms with E-state index in [0.29, 0.717) is 6.54 Å². The van der Waals surface area contributed by atoms with Crippen LogP contribution in [0.2, 0.25) is 0 Å². The minimum atomic E-state index is -1.03. The molecule has 0 spiro atoms. The molecule has 0 radical (unpaired) electrons. The second-order valence-corrected chi connectivity index (χ2v) is 4.91. The van der Waals surface area contributed by atoms with Gasteiger partial charge in [-0.15, -0.1) is 0 Å². The fourth-order valence-corrected chi connectivity index (χ4v) is 2.03. The first-order valence-electron chi connectivity index (χ1n) is 6.79. The minimum Gasteiger partial charge on any atom is -0.480 e. The molecule has 1 aromatic carbocycles. The van der Waals surface area contributed by atoms with Crippen molar-refractivity contribution in [1.82, 2.24) is 10.2 Å². The van der Waals surface area contributed by atoms with Gasteiger partial charge in [0.25, 0.3) is 0 Å². The van der Waals surface area contributed by atoms with Crippen LogP contribution in [0.5, 0.6) is 0 Å². The first kappa shape index (κ1) is 16.0. The number of hydrogen-bond donors (Lipinski definition) is 2. The van der Waals surface area contributed by atoms with Gasteiger partial charge >= 0.3 is 12.0 Å². The average Bonchev–Trinajstić information content (AvgIpc) is 2.39. The second-order valence-electron chi connectivity index (χ2n) is 4.91. The summed E-state index contributed by atoms with van der Waals surface area (Å²) < 4.78 is 0. The van der Waals surface area contributed by atoms with Crippen LogP contribution in [0.3, 0.4) is 0 Å². The molecule has 5 nitrogen and oxygen atoms in total. The highest BCUT2D eigenvalue weighted by molar-refractivity contribution is 5.83. The molecule has 0 unspecified atom stereocenters. The van der Waals surface area contributed by atoms with Gasteiger partial charge in [-0.05, 0) is 26.3 Å². The highest BCUT2D eigenvalue weighted by Gasteiger charge is 2.23. The molecule has 0 aromatic heterocycles. The third-order valence-electron chi connectivity index (χ3n) is 3.10. The summed E-state index contributed by atoms with van der Waals surface area (Å²) in [5.41, 5.74) is 0.882. The van der Waals surface area contributed by atoms with Crippen molar-refractivity contribution in [2.75, 3.05) is 6.54 Å². The van der Waals surface area contributed by atoms with Gasteiger partial charge in [0.15, 0.2) is 0 Å². The van der Waals surface area contributed by atoms with Crippen LogP contribution >= 0.6 is 0 Å². The van der Waals surface area contributed by atoms with Gasteiger partial charge in [0.1, 0.15) is 6.04 Å². The zero-order valence-corrected chi connectivity index (χ0v) is 12.2. The summed E-state index contributed by atoms with van der Waals surface area (Å²) in [4.78, 5) is 25.0. The van der Waals surface area contributed by atoms with Gasteiger partial charge in [-0.2, -0.15) is 0 Å². The molecule has 1 atom stereocenters. The lowest BCUT2D eigenvalue weighted by molar-refractivity contribution is -0.139. The molecule has 0 saturated carbocycles. The van der Waals surface area contributed by atoms with Crippen molar-refractivity contribution in [1.29, 1.82) is 0 Å². The van der Waals surface area contributed by atoms with E-state index >= 15 is 0 Å². The Morgan fingerprint density at radius 2 is 1.85 bits per heavy atom. The first-order valence-corrected chi connectivity index (χ1v) is 6.79. The third-order valence-corrected chi connectivity index (χ3v) is 3.10. The van der Waals surface area contributed by atoms with Crippen molar-refractivity contribution < 1.29 is 14.7 Å². The summed E-state index contributed by atoms with van der Waals surface area (Å²) in [5, 5.41) is 11.8. The Morgan fingerprint density at radius 3 is 2.30 bits per heavy atom. The largest absolute Gasteiger partial charge is 0.480 e. The zero-order chi connectivity index (χ0) is 15.1. The molecular formula is C15H22N2O3. The number of carbonyl (C=O) groups excluding carboxylic acids is 1. The monoisotopic (exact) mass is 278 g/mol. The topological polar surface area (TPSA) is 69.6 Å². The van der Waals surface area contributed by atoms with Crippen molar-refractivity contribution in [3.05, 3.63) is 35.9 Å². The van der Waals surface area contributed by atoms with Gasteiger partial charge in [0.05, 0.1) is 0 Å². The number of carboxylic acid groups (broad SMARTS) is 1. The molecule has 2 N–H and O–H groups in total. The van der Waals surface area contributed by atoms with E-state index in [-0.39, 0.29) is 18.5 Å². The zero-order valence-electron chi connectivity index (χ0n) is 12.2. The van der Waals surface area contributed by atoms with E-state index in [4.69, 9.17) is 0 Å². The van der Waals surface area contributed by atoms with Gasteiger partial charge < -0.3 is 15.3 Å². The Hall–Kier alpha value is -2.04. The van der Waals surface area contributed by atoms with Crippen LogP contribution in [0.1, 0.15) is 26.3 Å².